The van der Waals surface area contributed by atoms with Crippen LogP contribution in [0.25, 0.3) is 5.69 Å². The number of nitrogens with one attached hydrogen (secondary N) is 1. The van der Waals surface area contributed by atoms with E-state index in [-0.39, 0.29) is 0 Å². The van der Waals surface area contributed by atoms with Crippen LogP contribution in [0.4, 0.5) is 5.82 Å². The van der Waals surface area contributed by atoms with Crippen molar-refractivity contribution in [2.45, 2.75) is 45.4 Å². The number of anilines is 1. The van der Waals surface area contributed by atoms with Crippen LogP contribution in [0.1, 0.15) is 49.8 Å². The number of likely N-dealkylation sites (tertiary alicyclic amines) is 1. The van der Waals surface area contributed by atoms with E-state index in [1.54, 1.807) is 0 Å². The number of aromatic nitrogens is 2. The van der Waals surface area contributed by atoms with E-state index in [1.165, 1.54) is 38.5 Å². The fraction of sp³-hybridized carbons (Fsp3) is 0.524. The van der Waals surface area contributed by atoms with Crippen molar-refractivity contribution >= 4 is 30.0 Å². The lowest BCUT2D eigenvalue weighted by Crippen LogP contribution is -2.39. The second-order valence-corrected chi connectivity index (χ2v) is 11.8. The van der Waals surface area contributed by atoms with Gasteiger partial charge in [0.1, 0.15) is 11.7 Å². The molecule has 0 radical (unpaired) electrons. The van der Waals surface area contributed by atoms with Gasteiger partial charge in [0.2, 0.25) is 6.49 Å². The van der Waals surface area contributed by atoms with Gasteiger partial charge >= 0.3 is 0 Å². The number of para-hydroxylation sites is 1. The van der Waals surface area contributed by atoms with Gasteiger partial charge in [0.25, 0.3) is 0 Å². The molecular weight excluding hydrogens is 399 g/mol. The number of rotatable bonds is 2. The minimum atomic E-state index is -2.28. The Morgan fingerprint density at radius 1 is 0.931 bits per heavy atom. The summed E-state index contributed by atoms with van der Waals surface area (Å²) < 4.78 is 9.78. The number of aryl methyl sites for hydroxylation is 1. The standard InChI is InChI=1S/C21H29N6PS/c1-17-19-20(25-13-7-3-8-14-25)23-28(29,26-15-9-4-10-16-26)24-21(19)27(22-17)18-11-5-2-6-12-18/h2,5-6,11-12H,3-4,7-10,13-16H2,1H3,(H,23,24,29)/t28-/m0/s1. The van der Waals surface area contributed by atoms with Crippen LogP contribution in [-0.4, -0.2) is 51.4 Å². The van der Waals surface area contributed by atoms with Crippen LogP contribution < -0.4 is 5.09 Å². The van der Waals surface area contributed by atoms with E-state index >= 15 is 0 Å². The highest BCUT2D eigenvalue weighted by Crippen LogP contribution is 2.56. The summed E-state index contributed by atoms with van der Waals surface area (Å²) in [5.74, 6) is 2.10. The lowest BCUT2D eigenvalue weighted by atomic mass is 10.1. The van der Waals surface area contributed by atoms with E-state index in [0.717, 1.165) is 54.8 Å². The van der Waals surface area contributed by atoms with Gasteiger partial charge in [-0.1, -0.05) is 24.6 Å². The highest BCUT2D eigenvalue weighted by molar-refractivity contribution is 8.13. The van der Waals surface area contributed by atoms with Gasteiger partial charge in [0.05, 0.1) is 16.9 Å². The van der Waals surface area contributed by atoms with E-state index < -0.39 is 6.49 Å². The third-order valence-corrected chi connectivity index (χ3v) is 9.48. The van der Waals surface area contributed by atoms with Crippen LogP contribution in [0.15, 0.2) is 35.1 Å². The van der Waals surface area contributed by atoms with Crippen molar-refractivity contribution in [1.82, 2.24) is 19.4 Å². The molecule has 29 heavy (non-hydrogen) atoms. The van der Waals surface area contributed by atoms with Gasteiger partial charge in [-0.05, 0) is 63.0 Å². The molecule has 0 unspecified atom stereocenters. The number of hydrogen-bond acceptors (Lipinski definition) is 3. The minimum Gasteiger partial charge on any atom is -0.356 e. The molecule has 1 N–H and O–H groups in total. The monoisotopic (exact) mass is 428 g/mol. The lowest BCUT2D eigenvalue weighted by Gasteiger charge is -2.40. The van der Waals surface area contributed by atoms with Gasteiger partial charge in [0.15, 0.2) is 0 Å². The quantitative estimate of drug-likeness (QED) is 0.711. The highest BCUT2D eigenvalue weighted by atomic mass is 32.4. The summed E-state index contributed by atoms with van der Waals surface area (Å²) in [6, 6.07) is 10.4. The van der Waals surface area contributed by atoms with Crippen LogP contribution in [0.5, 0.6) is 0 Å². The van der Waals surface area contributed by atoms with Gasteiger partial charge < -0.3 is 9.99 Å². The van der Waals surface area contributed by atoms with Crippen molar-refractivity contribution in [2.75, 3.05) is 31.3 Å². The van der Waals surface area contributed by atoms with E-state index in [2.05, 4.69) is 45.8 Å². The van der Waals surface area contributed by atoms with Crippen LogP contribution >= 0.6 is 6.49 Å². The van der Waals surface area contributed by atoms with Gasteiger partial charge in [-0.15, -0.1) is 0 Å². The molecule has 3 aliphatic rings. The molecule has 0 spiro atoms. The van der Waals surface area contributed by atoms with Crippen LogP contribution in [0.2, 0.25) is 0 Å². The maximum absolute atomic E-state index is 6.29. The summed E-state index contributed by atoms with van der Waals surface area (Å²) in [5.41, 5.74) is 3.21. The topological polar surface area (TPSA) is 48.7 Å². The van der Waals surface area contributed by atoms with Crippen molar-refractivity contribution in [3.05, 3.63) is 41.6 Å². The zero-order chi connectivity index (χ0) is 19.8. The van der Waals surface area contributed by atoms with E-state index in [9.17, 15) is 0 Å². The van der Waals surface area contributed by atoms with Gasteiger partial charge in [-0.25, -0.2) is 14.1 Å². The Morgan fingerprint density at radius 3 is 2.28 bits per heavy atom. The van der Waals surface area contributed by atoms with Crippen LogP contribution in [-0.2, 0) is 11.8 Å². The Morgan fingerprint density at radius 2 is 1.59 bits per heavy atom. The number of piperidine rings is 2. The van der Waals surface area contributed by atoms with Crippen molar-refractivity contribution in [1.29, 1.82) is 0 Å². The van der Waals surface area contributed by atoms with E-state index in [4.69, 9.17) is 21.7 Å². The first-order valence-corrected chi connectivity index (χ1v) is 13.5. The zero-order valence-electron chi connectivity index (χ0n) is 17.0. The zero-order valence-corrected chi connectivity index (χ0v) is 18.8. The molecule has 1 aromatic heterocycles. The number of benzene rings is 1. The van der Waals surface area contributed by atoms with E-state index in [0.29, 0.717) is 0 Å². The molecule has 0 amide bonds. The SMILES string of the molecule is Cc1nn(-c2ccccc2)c2c1C(N1CCCCC1)=N[P@@](=S)(N1CCCCC1)N2. The molecule has 8 heteroatoms. The fourth-order valence-corrected chi connectivity index (χ4v) is 7.69. The molecule has 0 aliphatic carbocycles. The number of fused-ring (bicyclic) bond motifs is 1. The first kappa shape index (κ1) is 19.3. The highest BCUT2D eigenvalue weighted by Gasteiger charge is 2.38. The molecule has 0 bridgehead atoms. The second kappa shape index (κ2) is 7.86. The average molecular weight is 429 g/mol. The molecule has 4 heterocycles. The second-order valence-electron chi connectivity index (χ2n) is 8.20. The molecule has 3 aliphatic heterocycles. The summed E-state index contributed by atoms with van der Waals surface area (Å²) >= 11 is 6.29. The fourth-order valence-electron chi connectivity index (χ4n) is 4.60. The molecule has 2 fully saturated rings. The normalized spacial score (nSPS) is 25.3. The smallest absolute Gasteiger partial charge is 0.213 e. The third-order valence-electron chi connectivity index (χ3n) is 6.14. The molecular formula is C21H29N6PS. The first-order chi connectivity index (χ1) is 14.2. The Kier molecular flexibility index (Phi) is 5.23. The van der Waals surface area contributed by atoms with Gasteiger partial charge in [0, 0.05) is 26.2 Å². The molecule has 6 nitrogen and oxygen atoms in total. The lowest BCUT2D eigenvalue weighted by molar-refractivity contribution is 0.342. The molecule has 0 saturated carbocycles. The Balaban J connectivity index is 1.64. The van der Waals surface area contributed by atoms with Crippen LogP contribution in [0, 0.1) is 6.92 Å². The maximum atomic E-state index is 6.29. The average Bonchev–Trinajstić information content (AvgIpc) is 3.11. The summed E-state index contributed by atoms with van der Waals surface area (Å²) in [6.07, 6.45) is 7.45. The van der Waals surface area contributed by atoms with Crippen molar-refractivity contribution in [3.63, 3.8) is 0 Å². The Bertz CT molecular complexity index is 957. The molecule has 1 aromatic carbocycles. The summed E-state index contributed by atoms with van der Waals surface area (Å²) in [6.45, 7) is 4.01. The molecule has 1 atom stereocenters. The number of hydrogen-bond donors (Lipinski definition) is 1. The maximum Gasteiger partial charge on any atom is 0.213 e. The van der Waals surface area contributed by atoms with Crippen LogP contribution in [0.3, 0.4) is 0 Å². The number of nitrogens with zero attached hydrogens (tertiary/aromatic N) is 5. The largest absolute Gasteiger partial charge is 0.356 e. The predicted molar refractivity (Wildman–Crippen MR) is 124 cm³/mol. The molecule has 2 aromatic rings. The van der Waals surface area contributed by atoms with E-state index in [1.807, 2.05) is 10.7 Å². The Hall–Kier alpha value is -1.69. The predicted octanol–water partition coefficient (Wildman–Crippen LogP) is 4.55. The summed E-state index contributed by atoms with van der Waals surface area (Å²) in [7, 11) is 0. The van der Waals surface area contributed by atoms with Crippen molar-refractivity contribution in [2.24, 2.45) is 4.76 Å². The number of amidine groups is 1. The summed E-state index contributed by atoms with van der Waals surface area (Å²) in [5, 5.41) is 8.66. The molecule has 5 rings (SSSR count). The van der Waals surface area contributed by atoms with Gasteiger partial charge in [-0.2, -0.15) is 5.10 Å². The van der Waals surface area contributed by atoms with Gasteiger partial charge in [-0.3, -0.25) is 0 Å². The minimum absolute atomic E-state index is 1.01. The van der Waals surface area contributed by atoms with Crippen molar-refractivity contribution in [3.8, 4) is 5.69 Å². The first-order valence-electron chi connectivity index (χ1n) is 10.8. The molecule has 2 saturated heterocycles. The molecule has 154 valence electrons. The third kappa shape index (κ3) is 3.54. The van der Waals surface area contributed by atoms with Crippen molar-refractivity contribution < 1.29 is 0 Å². The summed E-state index contributed by atoms with van der Waals surface area (Å²) in [4.78, 5) is 2.46. The Labute approximate surface area is 178 Å².